The molecule has 0 heterocycles. The van der Waals surface area contributed by atoms with E-state index in [-0.39, 0.29) is 68.3 Å². The molecule has 0 rings (SSSR count). The Hall–Kier alpha value is 1.48. The Morgan fingerprint density at radius 3 is 0.905 bits per heavy atom. The molecule has 0 radical (unpaired) electrons. The summed E-state index contributed by atoms with van der Waals surface area (Å²) in [5, 5.41) is 5.37. The zero-order chi connectivity index (χ0) is 16.3. The zero-order valence-electron chi connectivity index (χ0n) is 10.9. The summed E-state index contributed by atoms with van der Waals surface area (Å²) in [6, 6.07) is 0. The molecule has 0 aliphatic rings. The normalized spacial score (nSPS) is 10.8. The van der Waals surface area contributed by atoms with Crippen molar-refractivity contribution >= 4 is 15.2 Å². The first-order chi connectivity index (χ1) is 8.33. The van der Waals surface area contributed by atoms with Gasteiger partial charge < -0.3 is 47.6 Å². The summed E-state index contributed by atoms with van der Waals surface area (Å²) in [5.41, 5.74) is 25.1. The molecule has 0 amide bonds. The van der Waals surface area contributed by atoms with Gasteiger partial charge in [0.15, 0.2) is 0 Å². The average Bonchev–Trinajstić information content (AvgIpc) is 2.27. The Bertz CT molecular complexity index is 279. The summed E-state index contributed by atoms with van der Waals surface area (Å²) < 4.78 is 20.5. The molecule has 0 aromatic carbocycles. The molecule has 15 heteroatoms. The van der Waals surface area contributed by atoms with Crippen LogP contribution < -0.4 is 0 Å². The van der Waals surface area contributed by atoms with Gasteiger partial charge in [-0.25, -0.2) is 0 Å². The van der Waals surface area contributed by atoms with Crippen LogP contribution in [0.25, 0.3) is 22.9 Å². The topological polar surface area (TPSA) is 230 Å². The SMILES string of the molecule is CC(O)(P(=O)(O)O)P(=O)(O)O.[NH-]CC[NH-].[NH-]CC[NH-].[Pt+2].[Pt+2]. The summed E-state index contributed by atoms with van der Waals surface area (Å²) >= 11 is 0. The van der Waals surface area contributed by atoms with E-state index in [2.05, 4.69) is 0 Å². The van der Waals surface area contributed by atoms with E-state index >= 15 is 0 Å². The van der Waals surface area contributed by atoms with E-state index in [1.165, 1.54) is 0 Å². The van der Waals surface area contributed by atoms with E-state index in [9.17, 15) is 9.13 Å². The predicted octanol–water partition coefficient (Wildman–Crippen LogP) is 1.18. The summed E-state index contributed by atoms with van der Waals surface area (Å²) in [5.74, 6) is 0. The molecule has 9 N–H and O–H groups in total. The fraction of sp³-hybridized carbons (Fsp3) is 1.00. The third-order valence-corrected chi connectivity index (χ3v) is 5.12. The van der Waals surface area contributed by atoms with E-state index in [1.54, 1.807) is 0 Å². The van der Waals surface area contributed by atoms with Crippen LogP contribution in [0.15, 0.2) is 0 Å². The molecule has 0 aliphatic carbocycles. The van der Waals surface area contributed by atoms with Gasteiger partial charge in [0.05, 0.1) is 0 Å². The van der Waals surface area contributed by atoms with Crippen molar-refractivity contribution in [2.75, 3.05) is 26.2 Å². The Kier molecular flexibility index (Phi) is 26.4. The fourth-order valence-corrected chi connectivity index (χ4v) is 1.53. The fourth-order valence-electron chi connectivity index (χ4n) is 0.170. The van der Waals surface area contributed by atoms with E-state index in [4.69, 9.17) is 47.6 Å². The van der Waals surface area contributed by atoms with Gasteiger partial charge in [0.25, 0.3) is 5.08 Å². The van der Waals surface area contributed by atoms with Crippen LogP contribution >= 0.6 is 15.2 Å². The zero-order valence-corrected chi connectivity index (χ0v) is 17.2. The van der Waals surface area contributed by atoms with Crippen LogP contribution in [0.4, 0.5) is 0 Å². The molecule has 0 aromatic heterocycles. The Labute approximate surface area is 152 Å². The smallest absolute Gasteiger partial charge is 0.679 e. The van der Waals surface area contributed by atoms with Crippen molar-refractivity contribution in [3.63, 3.8) is 0 Å². The van der Waals surface area contributed by atoms with E-state index in [0.29, 0.717) is 6.92 Å². The summed E-state index contributed by atoms with van der Waals surface area (Å²) in [6.45, 7) is 1.33. The molecule has 21 heavy (non-hydrogen) atoms. The van der Waals surface area contributed by atoms with Crippen LogP contribution in [0, 0.1) is 0 Å². The van der Waals surface area contributed by atoms with Crippen LogP contribution in [-0.2, 0) is 51.3 Å². The number of hydrogen-bond acceptors (Lipinski definition) is 3. The molecule has 0 saturated heterocycles. The van der Waals surface area contributed by atoms with Crippen molar-refractivity contribution < 1.29 is 75.9 Å². The van der Waals surface area contributed by atoms with E-state index in [1.807, 2.05) is 0 Å². The minimum atomic E-state index is -5.20. The number of hydrogen-bond donors (Lipinski definition) is 5. The molecule has 11 nitrogen and oxygen atoms in total. The van der Waals surface area contributed by atoms with Gasteiger partial charge >= 0.3 is 57.3 Å². The Balaban J connectivity index is -0.0000000722. The van der Waals surface area contributed by atoms with Crippen LogP contribution in [0.3, 0.4) is 0 Å². The van der Waals surface area contributed by atoms with Gasteiger partial charge in [-0.3, -0.25) is 9.13 Å². The predicted molar refractivity (Wildman–Crippen MR) is 71.5 cm³/mol. The molecule has 0 fully saturated rings. The second kappa shape index (κ2) is 16.3. The molecular formula is C6H20N4O7P2Pt2. The van der Waals surface area contributed by atoms with Gasteiger partial charge in [-0.1, -0.05) is 0 Å². The van der Waals surface area contributed by atoms with Gasteiger partial charge in [0.1, 0.15) is 0 Å². The second-order valence-corrected chi connectivity index (χ2v) is 7.33. The van der Waals surface area contributed by atoms with Crippen molar-refractivity contribution in [3.8, 4) is 0 Å². The number of aliphatic hydroxyl groups is 1. The second-order valence-electron chi connectivity index (χ2n) is 3.06. The van der Waals surface area contributed by atoms with E-state index < -0.39 is 20.3 Å². The van der Waals surface area contributed by atoms with Gasteiger partial charge in [-0.2, -0.15) is 26.2 Å². The molecular weight excluding hydrogens is 692 g/mol. The minimum Gasteiger partial charge on any atom is -0.679 e. The van der Waals surface area contributed by atoms with Crippen molar-refractivity contribution in [2.45, 2.75) is 12.0 Å². The van der Waals surface area contributed by atoms with Crippen LogP contribution in [0.2, 0.25) is 0 Å². The number of nitrogens with one attached hydrogen (secondary N) is 4. The summed E-state index contributed by atoms with van der Waals surface area (Å²) in [7, 11) is -10.4. The molecule has 0 spiro atoms. The summed E-state index contributed by atoms with van der Waals surface area (Å²) in [6.07, 6.45) is 0. The molecule has 0 unspecified atom stereocenters. The van der Waals surface area contributed by atoms with Crippen LogP contribution in [-0.4, -0.2) is 55.9 Å². The van der Waals surface area contributed by atoms with Gasteiger partial charge in [-0.15, -0.1) is 0 Å². The van der Waals surface area contributed by atoms with E-state index in [0.717, 1.165) is 0 Å². The van der Waals surface area contributed by atoms with Crippen molar-refractivity contribution in [1.82, 2.24) is 0 Å². The standard InChI is InChI=1S/2C2H6N2.C2H8O7P2.2Pt/c2*3-1-2-4;1-2(3,10(4,5)6)11(7,8)9;;/h2*3-4H,1-2H2;3H,1H3,(H2,4,5,6)(H2,7,8,9);;/q2*-2;;2*+2. The third kappa shape index (κ3) is 17.7. The molecule has 0 aliphatic heterocycles. The Morgan fingerprint density at radius 1 is 0.762 bits per heavy atom. The first-order valence-electron chi connectivity index (χ1n) is 4.75. The largest absolute Gasteiger partial charge is 2.00 e. The number of rotatable bonds is 4. The van der Waals surface area contributed by atoms with Gasteiger partial charge in [0, 0.05) is 0 Å². The molecule has 136 valence electrons. The van der Waals surface area contributed by atoms with Crippen molar-refractivity contribution in [3.05, 3.63) is 22.9 Å². The molecule has 0 aromatic rings. The third-order valence-electron chi connectivity index (χ3n) is 1.35. The molecule has 0 saturated carbocycles. The molecule has 0 bridgehead atoms. The summed E-state index contributed by atoms with van der Waals surface area (Å²) in [4.78, 5) is 33.0. The quantitative estimate of drug-likeness (QED) is 0.267. The van der Waals surface area contributed by atoms with Gasteiger partial charge in [0.2, 0.25) is 0 Å². The maximum atomic E-state index is 10.3. The van der Waals surface area contributed by atoms with Gasteiger partial charge in [-0.05, 0) is 6.92 Å². The van der Waals surface area contributed by atoms with Crippen LogP contribution in [0.1, 0.15) is 6.92 Å². The minimum absolute atomic E-state index is 0. The first-order valence-corrected chi connectivity index (χ1v) is 7.97. The Morgan fingerprint density at radius 2 is 0.905 bits per heavy atom. The van der Waals surface area contributed by atoms with Crippen molar-refractivity contribution in [1.29, 1.82) is 0 Å². The maximum absolute atomic E-state index is 10.3. The average molecular weight is 712 g/mol. The van der Waals surface area contributed by atoms with Crippen LogP contribution in [0.5, 0.6) is 0 Å². The molecule has 0 atom stereocenters. The monoisotopic (exact) mass is 712 g/mol. The maximum Gasteiger partial charge on any atom is 2.00 e. The van der Waals surface area contributed by atoms with Crippen molar-refractivity contribution in [2.24, 2.45) is 0 Å². The first kappa shape index (κ1) is 33.9.